The molecule has 6 heteroatoms. The zero-order valence-electron chi connectivity index (χ0n) is 32.4. The highest BCUT2D eigenvalue weighted by Gasteiger charge is 2.23. The first-order valence-corrected chi connectivity index (χ1v) is 21.1. The Morgan fingerprint density at radius 3 is 0.820 bits per heavy atom. The summed E-state index contributed by atoms with van der Waals surface area (Å²) in [6, 6.07) is 6.01. The van der Waals surface area contributed by atoms with Gasteiger partial charge < -0.3 is 9.47 Å². The predicted molar refractivity (Wildman–Crippen MR) is 206 cm³/mol. The van der Waals surface area contributed by atoms with E-state index >= 15 is 0 Å². The molecule has 0 saturated heterocycles. The van der Waals surface area contributed by atoms with Crippen molar-refractivity contribution >= 4 is 23.9 Å². The summed E-state index contributed by atoms with van der Waals surface area (Å²) in [6.45, 7) is 4.52. The number of rotatable bonds is 34. The molecule has 0 bridgehead atoms. The molecule has 1 rings (SSSR count). The van der Waals surface area contributed by atoms with E-state index in [1.807, 2.05) is 0 Å². The van der Waals surface area contributed by atoms with E-state index in [4.69, 9.17) is 9.47 Å². The maximum atomic E-state index is 12.7. The minimum absolute atomic E-state index is 0.0675. The Kier molecular flexibility index (Phi) is 30.6. The number of benzene rings is 1. The highest BCUT2D eigenvalue weighted by Crippen LogP contribution is 2.17. The SMILES string of the molecule is CCCCCCCCCCCCCCCCCC(=O)OC(=O)c1ccccc1C(=O)OC(=O)CCCCCCCCCCCCCCCCC. The number of esters is 4. The summed E-state index contributed by atoms with van der Waals surface area (Å²) < 4.78 is 10.1. The van der Waals surface area contributed by atoms with Crippen molar-refractivity contribution in [1.29, 1.82) is 0 Å². The van der Waals surface area contributed by atoms with Crippen molar-refractivity contribution in [3.05, 3.63) is 35.4 Å². The number of carbonyl (C=O) groups excluding carboxylic acids is 4. The van der Waals surface area contributed by atoms with Crippen molar-refractivity contribution in [2.24, 2.45) is 0 Å². The normalized spacial score (nSPS) is 11.1. The Labute approximate surface area is 306 Å². The molecular formula is C44H74O6. The van der Waals surface area contributed by atoms with Crippen LogP contribution in [0.1, 0.15) is 240 Å². The predicted octanol–water partition coefficient (Wildman–Crippen LogP) is 13.6. The standard InChI is InChI=1S/C44H74O6/c1-3-5-7-9-11-13-15-17-19-21-23-25-27-29-31-37-41(45)49-43(47)39-35-33-34-36-40(39)44(48)50-42(46)38-32-30-28-26-24-22-20-18-16-14-12-10-8-6-4-2/h33-36H,3-32,37-38H2,1-2H3. The van der Waals surface area contributed by atoms with Crippen LogP contribution in [0.25, 0.3) is 0 Å². The average molecular weight is 699 g/mol. The first-order valence-electron chi connectivity index (χ1n) is 21.1. The van der Waals surface area contributed by atoms with E-state index in [9.17, 15) is 19.2 Å². The van der Waals surface area contributed by atoms with Crippen LogP contribution in [-0.4, -0.2) is 23.9 Å². The van der Waals surface area contributed by atoms with E-state index in [2.05, 4.69) is 13.8 Å². The van der Waals surface area contributed by atoms with Crippen LogP contribution in [0.2, 0.25) is 0 Å². The molecule has 0 aliphatic carbocycles. The minimum atomic E-state index is -0.890. The van der Waals surface area contributed by atoms with E-state index < -0.39 is 23.9 Å². The zero-order valence-corrected chi connectivity index (χ0v) is 32.4. The van der Waals surface area contributed by atoms with Crippen LogP contribution >= 0.6 is 0 Å². The van der Waals surface area contributed by atoms with Gasteiger partial charge in [0.15, 0.2) is 0 Å². The molecule has 0 fully saturated rings. The second-order valence-corrected chi connectivity index (χ2v) is 14.5. The Morgan fingerprint density at radius 2 is 0.580 bits per heavy atom. The maximum Gasteiger partial charge on any atom is 0.346 e. The van der Waals surface area contributed by atoms with E-state index in [1.54, 1.807) is 12.1 Å². The van der Waals surface area contributed by atoms with Crippen LogP contribution < -0.4 is 0 Å². The van der Waals surface area contributed by atoms with Gasteiger partial charge in [-0.25, -0.2) is 9.59 Å². The van der Waals surface area contributed by atoms with Crippen molar-refractivity contribution in [2.45, 2.75) is 219 Å². The second-order valence-electron chi connectivity index (χ2n) is 14.5. The number of unbranched alkanes of at least 4 members (excludes halogenated alkanes) is 28. The molecule has 286 valence electrons. The third-order valence-corrected chi connectivity index (χ3v) is 9.75. The molecule has 0 aromatic heterocycles. The molecule has 0 N–H and O–H groups in total. The Balaban J connectivity index is 2.12. The van der Waals surface area contributed by atoms with Gasteiger partial charge in [-0.2, -0.15) is 0 Å². The van der Waals surface area contributed by atoms with Gasteiger partial charge >= 0.3 is 23.9 Å². The third-order valence-electron chi connectivity index (χ3n) is 9.75. The number of hydrogen-bond acceptors (Lipinski definition) is 6. The molecule has 0 spiro atoms. The summed E-state index contributed by atoms with van der Waals surface area (Å²) in [5, 5.41) is 0. The minimum Gasteiger partial charge on any atom is -0.389 e. The first kappa shape index (κ1) is 45.5. The Hall–Kier alpha value is -2.50. The van der Waals surface area contributed by atoms with Gasteiger partial charge in [-0.05, 0) is 25.0 Å². The van der Waals surface area contributed by atoms with Crippen molar-refractivity contribution < 1.29 is 28.7 Å². The fourth-order valence-electron chi connectivity index (χ4n) is 6.54. The lowest BCUT2D eigenvalue weighted by molar-refractivity contribution is -0.139. The summed E-state index contributed by atoms with van der Waals surface area (Å²) in [5.74, 6) is -2.98. The quantitative estimate of drug-likeness (QED) is 0.0404. The fourth-order valence-corrected chi connectivity index (χ4v) is 6.54. The second kappa shape index (κ2) is 33.6. The van der Waals surface area contributed by atoms with Crippen molar-refractivity contribution in [1.82, 2.24) is 0 Å². The number of ether oxygens (including phenoxy) is 2. The highest BCUT2D eigenvalue weighted by molar-refractivity contribution is 6.07. The molecule has 1 aromatic rings. The summed E-state index contributed by atoms with van der Waals surface area (Å²) in [5.41, 5.74) is -0.135. The Morgan fingerprint density at radius 1 is 0.360 bits per heavy atom. The molecule has 0 amide bonds. The van der Waals surface area contributed by atoms with Crippen LogP contribution in [0, 0.1) is 0 Å². The van der Waals surface area contributed by atoms with E-state index in [0.717, 1.165) is 25.7 Å². The molecule has 0 saturated carbocycles. The molecule has 1 aromatic carbocycles. The highest BCUT2D eigenvalue weighted by atomic mass is 16.6. The van der Waals surface area contributed by atoms with Crippen molar-refractivity contribution in [3.8, 4) is 0 Å². The van der Waals surface area contributed by atoms with Crippen molar-refractivity contribution in [3.63, 3.8) is 0 Å². The maximum absolute atomic E-state index is 12.7. The van der Waals surface area contributed by atoms with Gasteiger partial charge in [0.1, 0.15) is 0 Å². The van der Waals surface area contributed by atoms with Gasteiger partial charge in [0.2, 0.25) is 0 Å². The summed E-state index contributed by atoms with van der Waals surface area (Å²) in [7, 11) is 0. The molecule has 0 atom stereocenters. The summed E-state index contributed by atoms with van der Waals surface area (Å²) in [4.78, 5) is 50.1. The molecule has 50 heavy (non-hydrogen) atoms. The van der Waals surface area contributed by atoms with Crippen LogP contribution in [0.15, 0.2) is 24.3 Å². The topological polar surface area (TPSA) is 86.7 Å². The largest absolute Gasteiger partial charge is 0.389 e. The number of hydrogen-bond donors (Lipinski definition) is 0. The zero-order chi connectivity index (χ0) is 36.3. The molecular weight excluding hydrogens is 624 g/mol. The first-order chi connectivity index (χ1) is 24.5. The van der Waals surface area contributed by atoms with Gasteiger partial charge in [0, 0.05) is 12.8 Å². The Bertz CT molecular complexity index is 923. The van der Waals surface area contributed by atoms with Gasteiger partial charge in [-0.3, -0.25) is 9.59 Å². The third kappa shape index (κ3) is 26.3. The molecule has 0 aliphatic rings. The smallest absolute Gasteiger partial charge is 0.346 e. The lowest BCUT2D eigenvalue weighted by Gasteiger charge is -2.08. The van der Waals surface area contributed by atoms with Crippen LogP contribution in [0.5, 0.6) is 0 Å². The van der Waals surface area contributed by atoms with Crippen LogP contribution in [0.4, 0.5) is 0 Å². The molecule has 0 radical (unpaired) electrons. The molecule has 6 nitrogen and oxygen atoms in total. The molecule has 0 aliphatic heterocycles. The summed E-state index contributed by atoms with van der Waals surface area (Å²) >= 11 is 0. The number of carbonyl (C=O) groups is 4. The monoisotopic (exact) mass is 699 g/mol. The van der Waals surface area contributed by atoms with Crippen LogP contribution in [0.3, 0.4) is 0 Å². The lowest BCUT2D eigenvalue weighted by Crippen LogP contribution is -2.19. The summed E-state index contributed by atoms with van der Waals surface area (Å²) in [6.07, 6.45) is 37.4. The molecule has 0 heterocycles. The lowest BCUT2D eigenvalue weighted by atomic mass is 10.0. The van der Waals surface area contributed by atoms with Gasteiger partial charge in [-0.1, -0.05) is 206 Å². The van der Waals surface area contributed by atoms with Crippen molar-refractivity contribution in [2.75, 3.05) is 0 Å². The van der Waals surface area contributed by atoms with Crippen LogP contribution in [-0.2, 0) is 19.1 Å². The van der Waals surface area contributed by atoms with Gasteiger partial charge in [0.25, 0.3) is 0 Å². The van der Waals surface area contributed by atoms with Gasteiger partial charge in [0.05, 0.1) is 11.1 Å². The molecule has 0 unspecified atom stereocenters. The van der Waals surface area contributed by atoms with E-state index in [0.29, 0.717) is 12.8 Å². The van der Waals surface area contributed by atoms with Gasteiger partial charge in [-0.15, -0.1) is 0 Å². The van der Waals surface area contributed by atoms with E-state index in [-0.39, 0.29) is 24.0 Å². The fraction of sp³-hybridized carbons (Fsp3) is 0.773. The van der Waals surface area contributed by atoms with E-state index in [1.165, 1.54) is 166 Å². The average Bonchev–Trinajstić information content (AvgIpc) is 3.11.